The first kappa shape index (κ1) is 18.1. The fourth-order valence-electron chi connectivity index (χ4n) is 3.58. The number of benzene rings is 1. The molecule has 0 radical (unpaired) electrons. The van der Waals surface area contributed by atoms with Crippen molar-refractivity contribution in [2.45, 2.75) is 18.8 Å². The standard InChI is InChI=1S/C21H20ClN5O2/c22-17-6-2-1-4-15(17)21(28)27-12-10-26(11-13-27)18-16(5-3-9-23-18)20-25-24-19(29-20)14-7-8-14/h1-6,9,14H,7-8,10-13H2. The summed E-state index contributed by atoms with van der Waals surface area (Å²) in [5, 5.41) is 8.90. The molecular weight excluding hydrogens is 390 g/mol. The molecule has 2 aromatic heterocycles. The van der Waals surface area contributed by atoms with E-state index in [9.17, 15) is 4.79 Å². The Kier molecular flexibility index (Phi) is 4.67. The van der Waals surface area contributed by atoms with E-state index in [1.807, 2.05) is 29.2 Å². The van der Waals surface area contributed by atoms with Gasteiger partial charge in [0, 0.05) is 38.3 Å². The summed E-state index contributed by atoms with van der Waals surface area (Å²) >= 11 is 6.19. The Balaban J connectivity index is 1.32. The molecule has 5 rings (SSSR count). The van der Waals surface area contributed by atoms with Crippen molar-refractivity contribution in [1.82, 2.24) is 20.1 Å². The molecule has 148 valence electrons. The predicted molar refractivity (Wildman–Crippen MR) is 109 cm³/mol. The third-order valence-electron chi connectivity index (χ3n) is 5.35. The van der Waals surface area contributed by atoms with Crippen LogP contribution in [-0.4, -0.2) is 52.2 Å². The maximum absolute atomic E-state index is 12.8. The number of amides is 1. The largest absolute Gasteiger partial charge is 0.420 e. The lowest BCUT2D eigenvalue weighted by Gasteiger charge is -2.36. The molecule has 29 heavy (non-hydrogen) atoms. The minimum Gasteiger partial charge on any atom is -0.420 e. The lowest BCUT2D eigenvalue weighted by atomic mass is 10.1. The highest BCUT2D eigenvalue weighted by Gasteiger charge is 2.31. The molecule has 2 fully saturated rings. The number of carbonyl (C=O) groups is 1. The fourth-order valence-corrected chi connectivity index (χ4v) is 3.80. The SMILES string of the molecule is O=C(c1ccccc1Cl)N1CCN(c2ncccc2-c2nnc(C3CC3)o2)CC1. The Morgan fingerprint density at radius 3 is 2.59 bits per heavy atom. The van der Waals surface area contributed by atoms with Crippen LogP contribution in [0.5, 0.6) is 0 Å². The van der Waals surface area contributed by atoms with Gasteiger partial charge < -0.3 is 14.2 Å². The summed E-state index contributed by atoms with van der Waals surface area (Å²) in [7, 11) is 0. The zero-order valence-corrected chi connectivity index (χ0v) is 16.5. The Morgan fingerprint density at radius 2 is 1.83 bits per heavy atom. The Bertz CT molecular complexity index is 1040. The smallest absolute Gasteiger partial charge is 0.255 e. The van der Waals surface area contributed by atoms with Gasteiger partial charge in [0.1, 0.15) is 5.82 Å². The number of halogens is 1. The molecule has 0 atom stereocenters. The average Bonchev–Trinajstić information content (AvgIpc) is 3.50. The van der Waals surface area contributed by atoms with Gasteiger partial charge >= 0.3 is 0 Å². The molecule has 0 unspecified atom stereocenters. The van der Waals surface area contributed by atoms with Crippen LogP contribution in [-0.2, 0) is 0 Å². The zero-order chi connectivity index (χ0) is 19.8. The van der Waals surface area contributed by atoms with Crippen LogP contribution in [0.2, 0.25) is 5.02 Å². The van der Waals surface area contributed by atoms with Crippen molar-refractivity contribution in [1.29, 1.82) is 0 Å². The van der Waals surface area contributed by atoms with Crippen molar-refractivity contribution in [3.63, 3.8) is 0 Å². The van der Waals surface area contributed by atoms with Crippen molar-refractivity contribution >= 4 is 23.3 Å². The highest BCUT2D eigenvalue weighted by molar-refractivity contribution is 6.33. The van der Waals surface area contributed by atoms with E-state index in [1.54, 1.807) is 18.3 Å². The third kappa shape index (κ3) is 3.58. The monoisotopic (exact) mass is 409 g/mol. The summed E-state index contributed by atoms with van der Waals surface area (Å²) in [5.41, 5.74) is 1.37. The highest BCUT2D eigenvalue weighted by Crippen LogP contribution is 2.40. The molecule has 0 spiro atoms. The first-order valence-corrected chi connectivity index (χ1v) is 10.2. The molecule has 8 heteroatoms. The van der Waals surface area contributed by atoms with Gasteiger partial charge in [-0.25, -0.2) is 4.98 Å². The fraction of sp³-hybridized carbons (Fsp3) is 0.333. The van der Waals surface area contributed by atoms with Crippen molar-refractivity contribution in [3.8, 4) is 11.5 Å². The Labute approximate surface area is 173 Å². The minimum atomic E-state index is -0.0394. The quantitative estimate of drug-likeness (QED) is 0.655. The van der Waals surface area contributed by atoms with E-state index in [-0.39, 0.29) is 5.91 Å². The molecule has 1 aliphatic carbocycles. The highest BCUT2D eigenvalue weighted by atomic mass is 35.5. The first-order valence-electron chi connectivity index (χ1n) is 9.78. The molecule has 1 saturated heterocycles. The number of anilines is 1. The van der Waals surface area contributed by atoms with Crippen LogP contribution in [0.25, 0.3) is 11.5 Å². The summed E-state index contributed by atoms with van der Waals surface area (Å²) in [6, 6.07) is 11.0. The molecule has 3 aromatic rings. The molecule has 0 bridgehead atoms. The topological polar surface area (TPSA) is 75.4 Å². The second-order valence-electron chi connectivity index (χ2n) is 7.35. The van der Waals surface area contributed by atoms with Crippen LogP contribution >= 0.6 is 11.6 Å². The van der Waals surface area contributed by atoms with Crippen LogP contribution < -0.4 is 4.90 Å². The van der Waals surface area contributed by atoms with Gasteiger partial charge in [0.25, 0.3) is 11.8 Å². The van der Waals surface area contributed by atoms with Gasteiger partial charge in [-0.15, -0.1) is 10.2 Å². The summed E-state index contributed by atoms with van der Waals surface area (Å²) < 4.78 is 5.89. The van der Waals surface area contributed by atoms with Gasteiger partial charge in [-0.3, -0.25) is 4.79 Å². The van der Waals surface area contributed by atoms with E-state index < -0.39 is 0 Å². The molecule has 1 aliphatic heterocycles. The summed E-state index contributed by atoms with van der Waals surface area (Å²) in [4.78, 5) is 21.4. The molecular formula is C21H20ClN5O2. The third-order valence-corrected chi connectivity index (χ3v) is 5.68. The summed E-state index contributed by atoms with van der Waals surface area (Å²) in [6.45, 7) is 2.53. The van der Waals surface area contributed by atoms with Crippen LogP contribution in [0.3, 0.4) is 0 Å². The number of pyridine rings is 1. The number of hydrogen-bond donors (Lipinski definition) is 0. The summed E-state index contributed by atoms with van der Waals surface area (Å²) in [6.07, 6.45) is 3.99. The minimum absolute atomic E-state index is 0.0394. The maximum Gasteiger partial charge on any atom is 0.255 e. The lowest BCUT2D eigenvalue weighted by molar-refractivity contribution is 0.0746. The van der Waals surface area contributed by atoms with Crippen LogP contribution in [0, 0.1) is 0 Å². The second-order valence-corrected chi connectivity index (χ2v) is 7.76. The van der Waals surface area contributed by atoms with Gasteiger partial charge in [-0.05, 0) is 37.1 Å². The molecule has 7 nitrogen and oxygen atoms in total. The summed E-state index contributed by atoms with van der Waals surface area (Å²) in [5.74, 6) is 2.40. The van der Waals surface area contributed by atoms with E-state index in [2.05, 4.69) is 20.1 Å². The van der Waals surface area contributed by atoms with Gasteiger partial charge in [-0.2, -0.15) is 0 Å². The maximum atomic E-state index is 12.8. The Hall–Kier alpha value is -2.93. The number of carbonyl (C=O) groups excluding carboxylic acids is 1. The molecule has 1 amide bonds. The van der Waals surface area contributed by atoms with E-state index in [1.165, 1.54) is 0 Å². The van der Waals surface area contributed by atoms with E-state index >= 15 is 0 Å². The van der Waals surface area contributed by atoms with Crippen molar-refractivity contribution in [2.75, 3.05) is 31.1 Å². The number of rotatable bonds is 4. The number of aromatic nitrogens is 3. The van der Waals surface area contributed by atoms with Crippen LogP contribution in [0.15, 0.2) is 47.0 Å². The van der Waals surface area contributed by atoms with E-state index in [4.69, 9.17) is 16.0 Å². The molecule has 2 aliphatic rings. The number of nitrogens with zero attached hydrogens (tertiary/aromatic N) is 5. The first-order chi connectivity index (χ1) is 14.2. The van der Waals surface area contributed by atoms with Crippen LogP contribution in [0.1, 0.15) is 35.0 Å². The lowest BCUT2D eigenvalue weighted by Crippen LogP contribution is -2.49. The molecule has 0 N–H and O–H groups in total. The Morgan fingerprint density at radius 1 is 1.03 bits per heavy atom. The van der Waals surface area contributed by atoms with Crippen molar-refractivity contribution in [2.24, 2.45) is 0 Å². The normalized spacial score (nSPS) is 16.9. The molecule has 1 saturated carbocycles. The molecule has 1 aromatic carbocycles. The predicted octanol–water partition coefficient (Wildman–Crippen LogP) is 3.62. The zero-order valence-electron chi connectivity index (χ0n) is 15.8. The van der Waals surface area contributed by atoms with E-state index in [0.717, 1.165) is 24.2 Å². The van der Waals surface area contributed by atoms with Crippen molar-refractivity contribution < 1.29 is 9.21 Å². The number of hydrogen-bond acceptors (Lipinski definition) is 6. The van der Waals surface area contributed by atoms with E-state index in [0.29, 0.717) is 54.5 Å². The van der Waals surface area contributed by atoms with Gasteiger partial charge in [0.2, 0.25) is 5.89 Å². The van der Waals surface area contributed by atoms with Crippen molar-refractivity contribution in [3.05, 3.63) is 59.1 Å². The van der Waals surface area contributed by atoms with Gasteiger partial charge in [0.15, 0.2) is 0 Å². The molecule has 3 heterocycles. The second kappa shape index (κ2) is 7.48. The number of piperazine rings is 1. The average molecular weight is 410 g/mol. The van der Waals surface area contributed by atoms with Gasteiger partial charge in [-0.1, -0.05) is 23.7 Å². The van der Waals surface area contributed by atoms with Gasteiger partial charge in [0.05, 0.1) is 16.1 Å². The van der Waals surface area contributed by atoms with Crippen LogP contribution in [0.4, 0.5) is 5.82 Å².